The van der Waals surface area contributed by atoms with Crippen molar-refractivity contribution in [2.75, 3.05) is 13.1 Å². The fourth-order valence-electron chi connectivity index (χ4n) is 4.20. The van der Waals surface area contributed by atoms with E-state index in [1.807, 2.05) is 100 Å². The number of nitrogens with zero attached hydrogens (tertiary/aromatic N) is 3. The highest BCUT2D eigenvalue weighted by molar-refractivity contribution is 7.13. The maximum absolute atomic E-state index is 12.9. The summed E-state index contributed by atoms with van der Waals surface area (Å²) in [7, 11) is 0. The van der Waals surface area contributed by atoms with Gasteiger partial charge in [-0.25, -0.2) is 4.68 Å². The monoisotopic (exact) mass is 482 g/mol. The van der Waals surface area contributed by atoms with Crippen LogP contribution in [0.1, 0.15) is 28.8 Å². The maximum atomic E-state index is 12.9. The third-order valence-electron chi connectivity index (χ3n) is 6.10. The fourth-order valence-corrected chi connectivity index (χ4v) is 4.93. The molecular weight excluding hydrogens is 456 g/mol. The first kappa shape index (κ1) is 22.8. The number of carbonyl (C=O) groups is 2. The molecule has 35 heavy (non-hydrogen) atoms. The molecule has 0 radical (unpaired) electrons. The van der Waals surface area contributed by atoms with Gasteiger partial charge in [-0.2, -0.15) is 5.10 Å². The number of likely N-dealkylation sites (tertiary alicyclic amines) is 1. The van der Waals surface area contributed by atoms with Gasteiger partial charge in [0.25, 0.3) is 5.91 Å². The zero-order valence-electron chi connectivity index (χ0n) is 19.2. The molecule has 7 heteroatoms. The van der Waals surface area contributed by atoms with Crippen LogP contribution in [-0.2, 0) is 4.79 Å². The minimum absolute atomic E-state index is 0.0255. The predicted molar refractivity (Wildman–Crippen MR) is 139 cm³/mol. The van der Waals surface area contributed by atoms with Gasteiger partial charge in [0.2, 0.25) is 5.91 Å². The van der Waals surface area contributed by atoms with Crippen LogP contribution >= 0.6 is 11.3 Å². The number of hydrogen-bond acceptors (Lipinski definition) is 4. The zero-order chi connectivity index (χ0) is 24.0. The Hall–Kier alpha value is -3.97. The van der Waals surface area contributed by atoms with Crippen LogP contribution in [0.4, 0.5) is 0 Å². The molecule has 5 rings (SSSR count). The Morgan fingerprint density at radius 3 is 2.34 bits per heavy atom. The number of piperidine rings is 1. The molecule has 1 fully saturated rings. The summed E-state index contributed by atoms with van der Waals surface area (Å²) in [6.45, 7) is 1.23. The first-order chi connectivity index (χ1) is 17.2. The first-order valence-corrected chi connectivity index (χ1v) is 12.6. The molecule has 2 aromatic carbocycles. The standard InChI is InChI=1S/C28H26N4O2S/c33-26(31-17-15-23(16-18-31)29-28(34)21-8-3-1-4-9-21)14-13-22-20-32(24-10-5-2-6-11-24)30-27(22)25-12-7-19-35-25/h1-14,19-20,23H,15-18H2,(H,29,34)/b14-13+. The Labute approximate surface area is 208 Å². The number of para-hydroxylation sites is 1. The van der Waals surface area contributed by atoms with E-state index in [-0.39, 0.29) is 17.9 Å². The summed E-state index contributed by atoms with van der Waals surface area (Å²) < 4.78 is 1.85. The van der Waals surface area contributed by atoms with Gasteiger partial charge >= 0.3 is 0 Å². The Kier molecular flexibility index (Phi) is 6.86. The van der Waals surface area contributed by atoms with E-state index in [4.69, 9.17) is 5.10 Å². The van der Waals surface area contributed by atoms with E-state index in [0.29, 0.717) is 18.7 Å². The second kappa shape index (κ2) is 10.5. The summed E-state index contributed by atoms with van der Waals surface area (Å²) in [6, 6.07) is 23.3. The smallest absolute Gasteiger partial charge is 0.251 e. The third kappa shape index (κ3) is 5.41. The molecule has 0 unspecified atom stereocenters. The molecule has 0 bridgehead atoms. The average molecular weight is 483 g/mol. The van der Waals surface area contributed by atoms with Gasteiger partial charge < -0.3 is 10.2 Å². The van der Waals surface area contributed by atoms with E-state index in [1.165, 1.54) is 0 Å². The van der Waals surface area contributed by atoms with Crippen LogP contribution in [-0.4, -0.2) is 45.6 Å². The normalized spacial score (nSPS) is 14.3. The lowest BCUT2D eigenvalue weighted by Gasteiger charge is -2.31. The van der Waals surface area contributed by atoms with Gasteiger partial charge in [0.15, 0.2) is 0 Å². The van der Waals surface area contributed by atoms with Crippen molar-refractivity contribution < 1.29 is 9.59 Å². The lowest BCUT2D eigenvalue weighted by molar-refractivity contribution is -0.126. The van der Waals surface area contributed by atoms with Gasteiger partial charge in [0.1, 0.15) is 5.69 Å². The van der Waals surface area contributed by atoms with E-state index >= 15 is 0 Å². The van der Waals surface area contributed by atoms with Crippen LogP contribution < -0.4 is 5.32 Å². The SMILES string of the molecule is O=C(NC1CCN(C(=O)/C=C/c2cn(-c3ccccc3)nc2-c2cccs2)CC1)c1ccccc1. The quantitative estimate of drug-likeness (QED) is 0.392. The van der Waals surface area contributed by atoms with Crippen LogP contribution in [0.15, 0.2) is 90.4 Å². The molecule has 1 N–H and O–H groups in total. The summed E-state index contributed by atoms with van der Waals surface area (Å²) in [5.41, 5.74) is 3.38. The fraction of sp³-hybridized carbons (Fsp3) is 0.179. The molecule has 3 heterocycles. The van der Waals surface area contributed by atoms with E-state index in [1.54, 1.807) is 17.4 Å². The number of rotatable bonds is 6. The average Bonchev–Trinajstić information content (AvgIpc) is 3.59. The lowest BCUT2D eigenvalue weighted by Crippen LogP contribution is -2.46. The van der Waals surface area contributed by atoms with Crippen LogP contribution in [0.2, 0.25) is 0 Å². The Morgan fingerprint density at radius 2 is 1.66 bits per heavy atom. The van der Waals surface area contributed by atoms with Gasteiger partial charge in [-0.1, -0.05) is 42.5 Å². The molecule has 176 valence electrons. The van der Waals surface area contributed by atoms with Gasteiger partial charge in [-0.15, -0.1) is 11.3 Å². The second-order valence-electron chi connectivity index (χ2n) is 8.46. The van der Waals surface area contributed by atoms with Crippen LogP contribution in [0, 0.1) is 0 Å². The van der Waals surface area contributed by atoms with E-state index in [2.05, 4.69) is 5.32 Å². The van der Waals surface area contributed by atoms with Crippen molar-refractivity contribution in [1.82, 2.24) is 20.0 Å². The molecule has 1 aliphatic heterocycles. The molecule has 0 atom stereocenters. The summed E-state index contributed by atoms with van der Waals surface area (Å²) in [4.78, 5) is 28.2. The molecule has 1 saturated heterocycles. The maximum Gasteiger partial charge on any atom is 0.251 e. The Balaban J connectivity index is 1.24. The molecule has 0 spiro atoms. The molecule has 2 aromatic heterocycles. The van der Waals surface area contributed by atoms with Crippen LogP contribution in [0.25, 0.3) is 22.3 Å². The number of benzene rings is 2. The third-order valence-corrected chi connectivity index (χ3v) is 6.98. The lowest BCUT2D eigenvalue weighted by atomic mass is 10.0. The van der Waals surface area contributed by atoms with E-state index in [9.17, 15) is 9.59 Å². The summed E-state index contributed by atoms with van der Waals surface area (Å²) >= 11 is 1.62. The number of thiophene rings is 1. The molecule has 4 aromatic rings. The van der Waals surface area contributed by atoms with Crippen molar-refractivity contribution in [3.8, 4) is 16.3 Å². The number of hydrogen-bond donors (Lipinski definition) is 1. The van der Waals surface area contributed by atoms with Crippen molar-refractivity contribution in [3.63, 3.8) is 0 Å². The number of nitrogens with one attached hydrogen (secondary N) is 1. The number of amides is 2. The molecular formula is C28H26N4O2S. The van der Waals surface area contributed by atoms with Gasteiger partial charge in [-0.3, -0.25) is 9.59 Å². The first-order valence-electron chi connectivity index (χ1n) is 11.7. The molecule has 6 nitrogen and oxygen atoms in total. The van der Waals surface area contributed by atoms with Crippen molar-refractivity contribution in [1.29, 1.82) is 0 Å². The number of aromatic nitrogens is 2. The number of carbonyl (C=O) groups excluding carboxylic acids is 2. The molecule has 0 aliphatic carbocycles. The highest BCUT2D eigenvalue weighted by atomic mass is 32.1. The molecule has 0 saturated carbocycles. The van der Waals surface area contributed by atoms with Gasteiger partial charge in [0, 0.05) is 42.5 Å². The predicted octanol–water partition coefficient (Wildman–Crippen LogP) is 5.04. The van der Waals surface area contributed by atoms with Crippen molar-refractivity contribution >= 4 is 29.2 Å². The highest BCUT2D eigenvalue weighted by Gasteiger charge is 2.23. The van der Waals surface area contributed by atoms with Crippen molar-refractivity contribution in [3.05, 3.63) is 102 Å². The van der Waals surface area contributed by atoms with Crippen LogP contribution in [0.5, 0.6) is 0 Å². The topological polar surface area (TPSA) is 67.2 Å². The van der Waals surface area contributed by atoms with Crippen molar-refractivity contribution in [2.24, 2.45) is 0 Å². The van der Waals surface area contributed by atoms with Crippen LogP contribution in [0.3, 0.4) is 0 Å². The highest BCUT2D eigenvalue weighted by Crippen LogP contribution is 2.28. The minimum Gasteiger partial charge on any atom is -0.349 e. The zero-order valence-corrected chi connectivity index (χ0v) is 20.0. The summed E-state index contributed by atoms with van der Waals surface area (Å²) in [5.74, 6) is -0.0887. The van der Waals surface area contributed by atoms with Gasteiger partial charge in [0.05, 0.1) is 10.6 Å². The van der Waals surface area contributed by atoms with Crippen molar-refractivity contribution in [2.45, 2.75) is 18.9 Å². The summed E-state index contributed by atoms with van der Waals surface area (Å²) in [5, 5.41) is 9.90. The van der Waals surface area contributed by atoms with Gasteiger partial charge in [-0.05, 0) is 54.6 Å². The second-order valence-corrected chi connectivity index (χ2v) is 9.41. The summed E-state index contributed by atoms with van der Waals surface area (Å²) in [6.07, 6.45) is 6.92. The Morgan fingerprint density at radius 1 is 0.943 bits per heavy atom. The van der Waals surface area contributed by atoms with E-state index < -0.39 is 0 Å². The van der Waals surface area contributed by atoms with E-state index in [0.717, 1.165) is 34.7 Å². The largest absolute Gasteiger partial charge is 0.349 e. The molecule has 1 aliphatic rings. The Bertz CT molecular complexity index is 1310. The minimum atomic E-state index is -0.0631. The molecule has 2 amide bonds.